The molecule has 4 nitrogen and oxygen atoms in total. The highest BCUT2D eigenvalue weighted by Gasteiger charge is 2.12. The minimum Gasteiger partial charge on any atom is -0.456 e. The molecule has 0 unspecified atom stereocenters. The predicted octanol–water partition coefficient (Wildman–Crippen LogP) is 6.21. The molecule has 5 heteroatoms. The van der Waals surface area contributed by atoms with Gasteiger partial charge >= 0.3 is 0 Å². The summed E-state index contributed by atoms with van der Waals surface area (Å²) in [6, 6.07) is 18.1. The molecule has 1 heterocycles. The molecule has 0 saturated carbocycles. The second-order valence-corrected chi connectivity index (χ2v) is 6.94. The van der Waals surface area contributed by atoms with Crippen molar-refractivity contribution in [2.24, 2.45) is 0 Å². The van der Waals surface area contributed by atoms with Crippen molar-refractivity contribution in [1.29, 1.82) is 0 Å². The van der Waals surface area contributed by atoms with E-state index in [9.17, 15) is 4.79 Å². The van der Waals surface area contributed by atoms with Gasteiger partial charge in [0, 0.05) is 11.4 Å². The van der Waals surface area contributed by atoms with Crippen LogP contribution in [-0.2, 0) is 0 Å². The Morgan fingerprint density at radius 2 is 1.74 bits per heavy atom. The topological polar surface area (TPSA) is 51.2 Å². The minimum atomic E-state index is -0.185. The average Bonchev–Trinajstić information content (AvgIpc) is 2.65. The van der Waals surface area contributed by atoms with Gasteiger partial charge in [-0.05, 0) is 61.4 Å². The van der Waals surface area contributed by atoms with Crippen molar-refractivity contribution in [1.82, 2.24) is 4.98 Å². The highest BCUT2D eigenvalue weighted by molar-refractivity contribution is 6.32. The van der Waals surface area contributed by atoms with Crippen LogP contribution in [0.25, 0.3) is 0 Å². The van der Waals surface area contributed by atoms with Gasteiger partial charge in [-0.15, -0.1) is 0 Å². The van der Waals surface area contributed by atoms with E-state index in [-0.39, 0.29) is 5.91 Å². The summed E-state index contributed by atoms with van der Waals surface area (Å²) in [7, 11) is 0. The maximum Gasteiger partial charge on any atom is 0.257 e. The Morgan fingerprint density at radius 1 is 1.04 bits per heavy atom. The van der Waals surface area contributed by atoms with E-state index in [4.69, 9.17) is 16.3 Å². The average molecular weight is 381 g/mol. The monoisotopic (exact) mass is 380 g/mol. The summed E-state index contributed by atoms with van der Waals surface area (Å²) in [5, 5.41) is 3.43. The van der Waals surface area contributed by atoms with E-state index in [0.29, 0.717) is 33.7 Å². The first-order valence-corrected chi connectivity index (χ1v) is 9.13. The molecule has 3 aromatic rings. The molecule has 0 atom stereocenters. The molecular formula is C22H21ClN2O2. The normalized spacial score (nSPS) is 10.7. The van der Waals surface area contributed by atoms with Crippen LogP contribution < -0.4 is 10.1 Å². The summed E-state index contributed by atoms with van der Waals surface area (Å²) >= 11 is 6.10. The van der Waals surface area contributed by atoms with Gasteiger partial charge in [-0.1, -0.05) is 37.6 Å². The smallest absolute Gasteiger partial charge is 0.257 e. The number of hydrogen-bond donors (Lipinski definition) is 1. The number of para-hydroxylation sites is 1. The molecule has 1 aromatic heterocycles. The lowest BCUT2D eigenvalue weighted by Crippen LogP contribution is -2.14. The molecule has 2 aromatic carbocycles. The molecule has 27 heavy (non-hydrogen) atoms. The third-order valence-corrected chi connectivity index (χ3v) is 4.43. The molecule has 0 aliphatic heterocycles. The van der Waals surface area contributed by atoms with Crippen LogP contribution in [0.3, 0.4) is 0 Å². The lowest BCUT2D eigenvalue weighted by Gasteiger charge is -2.11. The number of nitrogens with zero attached hydrogens (tertiary/aromatic N) is 1. The summed E-state index contributed by atoms with van der Waals surface area (Å²) in [6.07, 6.45) is 0. The molecule has 138 valence electrons. The van der Waals surface area contributed by atoms with Gasteiger partial charge in [0.2, 0.25) is 0 Å². The first-order valence-electron chi connectivity index (χ1n) is 8.75. The van der Waals surface area contributed by atoms with Gasteiger partial charge in [0.05, 0.1) is 16.3 Å². The minimum absolute atomic E-state index is 0.185. The number of amides is 1. The Kier molecular flexibility index (Phi) is 5.77. The number of ether oxygens (including phenoxy) is 1. The number of carbonyl (C=O) groups is 1. The highest BCUT2D eigenvalue weighted by Crippen LogP contribution is 2.29. The van der Waals surface area contributed by atoms with E-state index in [2.05, 4.69) is 24.1 Å². The molecule has 0 aliphatic rings. The SMILES string of the molecule is Cc1nc(C(C)C)ccc1C(=O)Nc1ccc(Oc2ccccc2Cl)cc1. The van der Waals surface area contributed by atoms with Gasteiger partial charge in [0.25, 0.3) is 5.91 Å². The number of halogens is 1. The maximum atomic E-state index is 12.5. The van der Waals surface area contributed by atoms with Crippen molar-refractivity contribution in [3.05, 3.63) is 82.6 Å². The molecule has 1 amide bonds. The number of aryl methyl sites for hydroxylation is 1. The molecule has 0 bridgehead atoms. The van der Waals surface area contributed by atoms with E-state index < -0.39 is 0 Å². The quantitative estimate of drug-likeness (QED) is 0.572. The number of anilines is 1. The van der Waals surface area contributed by atoms with Crippen molar-refractivity contribution >= 4 is 23.2 Å². The van der Waals surface area contributed by atoms with Crippen LogP contribution in [0.5, 0.6) is 11.5 Å². The second kappa shape index (κ2) is 8.23. The number of carbonyl (C=O) groups excluding carboxylic acids is 1. The number of rotatable bonds is 5. The fraction of sp³-hybridized carbons (Fsp3) is 0.182. The summed E-state index contributed by atoms with van der Waals surface area (Å²) in [5.41, 5.74) is 2.94. The largest absolute Gasteiger partial charge is 0.456 e. The molecule has 0 fully saturated rings. The zero-order valence-electron chi connectivity index (χ0n) is 15.5. The zero-order chi connectivity index (χ0) is 19.4. The lowest BCUT2D eigenvalue weighted by molar-refractivity contribution is 0.102. The Morgan fingerprint density at radius 3 is 2.37 bits per heavy atom. The number of hydrogen-bond acceptors (Lipinski definition) is 3. The van der Waals surface area contributed by atoms with Gasteiger partial charge in [-0.25, -0.2) is 0 Å². The number of nitrogens with one attached hydrogen (secondary N) is 1. The van der Waals surface area contributed by atoms with Gasteiger partial charge in [0.1, 0.15) is 11.5 Å². The van der Waals surface area contributed by atoms with Gasteiger partial charge in [-0.3, -0.25) is 9.78 Å². The lowest BCUT2D eigenvalue weighted by atomic mass is 10.1. The first-order chi connectivity index (χ1) is 12.9. The molecule has 0 aliphatic carbocycles. The zero-order valence-corrected chi connectivity index (χ0v) is 16.2. The van der Waals surface area contributed by atoms with E-state index in [1.54, 1.807) is 36.4 Å². The van der Waals surface area contributed by atoms with Crippen LogP contribution in [0.1, 0.15) is 41.5 Å². The van der Waals surface area contributed by atoms with Crippen LogP contribution in [0.15, 0.2) is 60.7 Å². The first kappa shape index (κ1) is 18.9. The summed E-state index contributed by atoms with van der Waals surface area (Å²) in [4.78, 5) is 17.0. The highest BCUT2D eigenvalue weighted by atomic mass is 35.5. The van der Waals surface area contributed by atoms with Crippen molar-refractivity contribution in [2.45, 2.75) is 26.7 Å². The van der Waals surface area contributed by atoms with E-state index in [0.717, 1.165) is 11.4 Å². The standard InChI is InChI=1S/C22H21ClN2O2/c1-14(2)20-13-12-18(15(3)24-20)22(26)25-16-8-10-17(11-9-16)27-21-7-5-4-6-19(21)23/h4-14H,1-3H3,(H,25,26). The van der Waals surface area contributed by atoms with Crippen LogP contribution in [0.4, 0.5) is 5.69 Å². The van der Waals surface area contributed by atoms with Crippen LogP contribution in [0.2, 0.25) is 5.02 Å². The molecule has 0 saturated heterocycles. The number of benzene rings is 2. The maximum absolute atomic E-state index is 12.5. The molecule has 3 rings (SSSR count). The van der Waals surface area contributed by atoms with Gasteiger partial charge in [0.15, 0.2) is 0 Å². The Hall–Kier alpha value is -2.85. The Bertz CT molecular complexity index is 953. The van der Waals surface area contributed by atoms with Crippen LogP contribution in [0, 0.1) is 6.92 Å². The summed E-state index contributed by atoms with van der Waals surface area (Å²) < 4.78 is 5.75. The predicted molar refractivity (Wildman–Crippen MR) is 109 cm³/mol. The van der Waals surface area contributed by atoms with E-state index >= 15 is 0 Å². The van der Waals surface area contributed by atoms with Crippen molar-refractivity contribution in [2.75, 3.05) is 5.32 Å². The number of pyridine rings is 1. The van der Waals surface area contributed by atoms with E-state index in [1.165, 1.54) is 0 Å². The summed E-state index contributed by atoms with van der Waals surface area (Å²) in [6.45, 7) is 6.00. The third kappa shape index (κ3) is 4.66. The molecule has 1 N–H and O–H groups in total. The fourth-order valence-electron chi connectivity index (χ4n) is 2.60. The van der Waals surface area contributed by atoms with Crippen LogP contribution >= 0.6 is 11.6 Å². The van der Waals surface area contributed by atoms with E-state index in [1.807, 2.05) is 31.2 Å². The fourth-order valence-corrected chi connectivity index (χ4v) is 2.78. The van der Waals surface area contributed by atoms with Crippen molar-refractivity contribution in [3.8, 4) is 11.5 Å². The summed E-state index contributed by atoms with van der Waals surface area (Å²) in [5.74, 6) is 1.37. The van der Waals surface area contributed by atoms with Crippen LogP contribution in [-0.4, -0.2) is 10.9 Å². The second-order valence-electron chi connectivity index (χ2n) is 6.53. The Balaban J connectivity index is 1.69. The molecular weight excluding hydrogens is 360 g/mol. The third-order valence-electron chi connectivity index (χ3n) is 4.12. The van der Waals surface area contributed by atoms with Gasteiger partial charge < -0.3 is 10.1 Å². The molecule has 0 radical (unpaired) electrons. The Labute approximate surface area is 164 Å². The number of aromatic nitrogens is 1. The molecule has 0 spiro atoms. The van der Waals surface area contributed by atoms with Gasteiger partial charge in [-0.2, -0.15) is 0 Å². The van der Waals surface area contributed by atoms with Crippen molar-refractivity contribution in [3.63, 3.8) is 0 Å². The van der Waals surface area contributed by atoms with Crippen molar-refractivity contribution < 1.29 is 9.53 Å².